The van der Waals surface area contributed by atoms with Gasteiger partial charge in [-0.05, 0) is 6.92 Å². The van der Waals surface area contributed by atoms with E-state index in [1.165, 1.54) is 4.57 Å². The molecule has 12 heavy (non-hydrogen) atoms. The monoisotopic (exact) mass is 163 g/mol. The van der Waals surface area contributed by atoms with Crippen LogP contribution in [0.5, 0.6) is 0 Å². The Hall–Kier alpha value is -1.76. The average Bonchev–Trinajstić information content (AvgIpc) is 2.01. The van der Waals surface area contributed by atoms with Gasteiger partial charge in [-0.2, -0.15) is 4.98 Å². The van der Waals surface area contributed by atoms with Gasteiger partial charge < -0.3 is 10.3 Å². The van der Waals surface area contributed by atoms with E-state index in [9.17, 15) is 4.79 Å². The van der Waals surface area contributed by atoms with Crippen LogP contribution < -0.4 is 11.4 Å². The lowest BCUT2D eigenvalue weighted by Crippen LogP contribution is -2.21. The molecule has 1 aromatic rings. The number of hydrogen-bond donors (Lipinski definition) is 1. The number of anilines is 1. The van der Waals surface area contributed by atoms with E-state index in [-0.39, 0.29) is 11.5 Å². The Bertz CT molecular complexity index is 409. The molecule has 1 aromatic heterocycles. The van der Waals surface area contributed by atoms with Crippen LogP contribution >= 0.6 is 0 Å². The lowest BCUT2D eigenvalue weighted by Gasteiger charge is -1.98. The SMILES string of the molecule is CC#Cc1cn(C)c(=O)nc1N. The normalized spacial score (nSPS) is 8.83. The van der Waals surface area contributed by atoms with Crippen LogP contribution in [0.15, 0.2) is 11.0 Å². The summed E-state index contributed by atoms with van der Waals surface area (Å²) in [6.45, 7) is 1.70. The standard InChI is InChI=1S/C8H9N3O/c1-3-4-6-5-11(2)8(12)10-7(6)9/h5H,1-2H3,(H2,9,10,12). The van der Waals surface area contributed by atoms with E-state index in [0.717, 1.165) is 0 Å². The van der Waals surface area contributed by atoms with Crippen molar-refractivity contribution in [3.63, 3.8) is 0 Å². The Morgan fingerprint density at radius 3 is 2.92 bits per heavy atom. The van der Waals surface area contributed by atoms with Gasteiger partial charge in [0.25, 0.3) is 0 Å². The van der Waals surface area contributed by atoms with Crippen LogP contribution in [-0.2, 0) is 7.05 Å². The van der Waals surface area contributed by atoms with Crippen molar-refractivity contribution in [1.82, 2.24) is 9.55 Å². The van der Waals surface area contributed by atoms with E-state index in [2.05, 4.69) is 16.8 Å². The molecule has 62 valence electrons. The molecule has 0 aliphatic carbocycles. The molecule has 0 aliphatic rings. The van der Waals surface area contributed by atoms with Gasteiger partial charge in [-0.25, -0.2) is 4.79 Å². The Morgan fingerprint density at radius 2 is 2.33 bits per heavy atom. The second-order valence-electron chi connectivity index (χ2n) is 2.31. The highest BCUT2D eigenvalue weighted by Crippen LogP contribution is 2.00. The molecule has 0 amide bonds. The number of nitrogen functional groups attached to an aromatic ring is 1. The molecule has 0 unspecified atom stereocenters. The lowest BCUT2D eigenvalue weighted by molar-refractivity contribution is 0.811. The maximum atomic E-state index is 10.9. The summed E-state index contributed by atoms with van der Waals surface area (Å²) >= 11 is 0. The van der Waals surface area contributed by atoms with Crippen molar-refractivity contribution < 1.29 is 0 Å². The fraction of sp³-hybridized carbons (Fsp3) is 0.250. The maximum absolute atomic E-state index is 10.9. The van der Waals surface area contributed by atoms with E-state index < -0.39 is 0 Å². The maximum Gasteiger partial charge on any atom is 0.349 e. The second-order valence-corrected chi connectivity index (χ2v) is 2.31. The molecule has 2 N–H and O–H groups in total. The summed E-state index contributed by atoms with van der Waals surface area (Å²) in [4.78, 5) is 14.5. The first-order valence-corrected chi connectivity index (χ1v) is 3.41. The molecule has 1 heterocycles. The third-order valence-corrected chi connectivity index (χ3v) is 1.38. The molecule has 4 nitrogen and oxygen atoms in total. The number of hydrogen-bond acceptors (Lipinski definition) is 3. The molecule has 0 saturated heterocycles. The first-order valence-electron chi connectivity index (χ1n) is 3.41. The van der Waals surface area contributed by atoms with Crippen molar-refractivity contribution in [2.45, 2.75) is 6.92 Å². The highest BCUT2D eigenvalue weighted by molar-refractivity contribution is 5.48. The van der Waals surface area contributed by atoms with Crippen LogP contribution in [0.4, 0.5) is 5.82 Å². The minimum atomic E-state index is -0.367. The Balaban J connectivity index is 3.39. The molecule has 0 aromatic carbocycles. The van der Waals surface area contributed by atoms with Crippen LogP contribution in [0.3, 0.4) is 0 Å². The van der Waals surface area contributed by atoms with E-state index in [4.69, 9.17) is 5.73 Å². The van der Waals surface area contributed by atoms with E-state index in [1.54, 1.807) is 20.2 Å². The van der Waals surface area contributed by atoms with Crippen molar-refractivity contribution in [3.05, 3.63) is 22.2 Å². The van der Waals surface area contributed by atoms with Gasteiger partial charge in [0.05, 0.1) is 5.56 Å². The quantitative estimate of drug-likeness (QED) is 0.536. The molecule has 4 heteroatoms. The van der Waals surface area contributed by atoms with Crippen LogP contribution in [0.1, 0.15) is 12.5 Å². The largest absolute Gasteiger partial charge is 0.382 e. The van der Waals surface area contributed by atoms with E-state index >= 15 is 0 Å². The summed E-state index contributed by atoms with van der Waals surface area (Å²) in [6, 6.07) is 0. The second kappa shape index (κ2) is 3.09. The minimum absolute atomic E-state index is 0.187. The van der Waals surface area contributed by atoms with Crippen LogP contribution in [-0.4, -0.2) is 9.55 Å². The van der Waals surface area contributed by atoms with Gasteiger partial charge >= 0.3 is 5.69 Å². The zero-order valence-electron chi connectivity index (χ0n) is 6.96. The Kier molecular flexibility index (Phi) is 2.15. The zero-order valence-corrected chi connectivity index (χ0v) is 6.96. The summed E-state index contributed by atoms with van der Waals surface area (Å²) in [7, 11) is 1.61. The van der Waals surface area contributed by atoms with Crippen molar-refractivity contribution in [3.8, 4) is 11.8 Å². The molecule has 0 radical (unpaired) electrons. The van der Waals surface area contributed by atoms with Gasteiger partial charge in [0.1, 0.15) is 5.82 Å². The van der Waals surface area contributed by atoms with Crippen LogP contribution in [0.2, 0.25) is 0 Å². The predicted molar refractivity (Wildman–Crippen MR) is 46.4 cm³/mol. The number of rotatable bonds is 0. The minimum Gasteiger partial charge on any atom is -0.382 e. The summed E-state index contributed by atoms with van der Waals surface area (Å²) in [6.07, 6.45) is 1.57. The first-order chi connectivity index (χ1) is 5.65. The van der Waals surface area contributed by atoms with Crippen molar-refractivity contribution in [1.29, 1.82) is 0 Å². The van der Waals surface area contributed by atoms with Crippen LogP contribution in [0.25, 0.3) is 0 Å². The first kappa shape index (κ1) is 8.34. The number of aryl methyl sites for hydroxylation is 1. The lowest BCUT2D eigenvalue weighted by atomic mass is 10.3. The molecule has 0 atom stereocenters. The summed E-state index contributed by atoms with van der Waals surface area (Å²) in [5, 5.41) is 0. The highest BCUT2D eigenvalue weighted by Gasteiger charge is 1.99. The van der Waals surface area contributed by atoms with Gasteiger partial charge in [0.2, 0.25) is 0 Å². The third kappa shape index (κ3) is 1.45. The predicted octanol–water partition coefficient (Wildman–Crippen LogP) is -0.266. The highest BCUT2D eigenvalue weighted by atomic mass is 16.1. The van der Waals surface area contributed by atoms with Gasteiger partial charge in [0.15, 0.2) is 0 Å². The fourth-order valence-corrected chi connectivity index (χ4v) is 0.788. The van der Waals surface area contributed by atoms with Gasteiger partial charge in [-0.1, -0.05) is 5.92 Å². The molecule has 0 aliphatic heterocycles. The van der Waals surface area contributed by atoms with Gasteiger partial charge in [-0.3, -0.25) is 0 Å². The molecule has 0 fully saturated rings. The fourth-order valence-electron chi connectivity index (χ4n) is 0.788. The Morgan fingerprint density at radius 1 is 1.67 bits per heavy atom. The topological polar surface area (TPSA) is 60.9 Å². The number of nitrogens with two attached hydrogens (primary N) is 1. The summed E-state index contributed by atoms with van der Waals surface area (Å²) < 4.78 is 1.34. The molecule has 0 spiro atoms. The van der Waals surface area contributed by atoms with Gasteiger partial charge in [-0.15, -0.1) is 5.92 Å². The molecular formula is C8H9N3O. The van der Waals surface area contributed by atoms with Gasteiger partial charge in [0, 0.05) is 13.2 Å². The van der Waals surface area contributed by atoms with E-state index in [0.29, 0.717) is 5.56 Å². The van der Waals surface area contributed by atoms with Crippen molar-refractivity contribution in [2.75, 3.05) is 5.73 Å². The summed E-state index contributed by atoms with van der Waals surface area (Å²) in [5.41, 5.74) is 5.67. The zero-order chi connectivity index (χ0) is 9.14. The third-order valence-electron chi connectivity index (χ3n) is 1.38. The average molecular weight is 163 g/mol. The molecule has 0 bridgehead atoms. The van der Waals surface area contributed by atoms with Crippen molar-refractivity contribution >= 4 is 5.82 Å². The summed E-state index contributed by atoms with van der Waals surface area (Å²) in [5.74, 6) is 5.62. The van der Waals surface area contributed by atoms with Crippen molar-refractivity contribution in [2.24, 2.45) is 7.05 Å². The smallest absolute Gasteiger partial charge is 0.349 e. The molecule has 1 rings (SSSR count). The number of aromatic nitrogens is 2. The molecule has 0 saturated carbocycles. The number of nitrogens with zero attached hydrogens (tertiary/aromatic N) is 2. The van der Waals surface area contributed by atoms with Crippen LogP contribution in [0, 0.1) is 11.8 Å². The van der Waals surface area contributed by atoms with E-state index in [1.807, 2.05) is 0 Å². The Labute approximate surface area is 70.0 Å². The molecular weight excluding hydrogens is 154 g/mol.